The Kier molecular flexibility index (Phi) is 5.02. The molecule has 4 nitrogen and oxygen atoms in total. The lowest BCUT2D eigenvalue weighted by Crippen LogP contribution is -2.44. The van der Waals surface area contributed by atoms with Crippen molar-refractivity contribution in [2.24, 2.45) is 5.92 Å². The smallest absolute Gasteiger partial charge is 0.316 e. The maximum atomic E-state index is 12.6. The first kappa shape index (κ1) is 19.2. The summed E-state index contributed by atoms with van der Waals surface area (Å²) in [5.74, 6) is 0.143. The predicted octanol–water partition coefficient (Wildman–Crippen LogP) is 3.41. The number of ether oxygens (including phenoxy) is 1. The lowest BCUT2D eigenvalue weighted by molar-refractivity contribution is -0.144. The molecule has 2 fully saturated rings. The first-order valence-electron chi connectivity index (χ1n) is 10.1. The lowest BCUT2D eigenvalue weighted by atomic mass is 9.84. The van der Waals surface area contributed by atoms with E-state index < -0.39 is 11.0 Å². The monoisotopic (exact) mass is 379 g/mol. The number of piperidine rings is 1. The largest absolute Gasteiger partial charge is 0.468 e. The SMILES string of the molecule is COC(=O)[C@]1(c2ccc(C)cc2)CC1CN1CCC(O)(c2ccccc2)CC1. The molecule has 1 heterocycles. The average Bonchev–Trinajstić information content (AvgIpc) is 3.45. The number of aliphatic hydroxyl groups is 1. The third-order valence-corrected chi connectivity index (χ3v) is 6.69. The van der Waals surface area contributed by atoms with E-state index in [1.165, 1.54) is 12.7 Å². The molecule has 2 aromatic rings. The number of likely N-dealkylation sites (tertiary alicyclic amines) is 1. The van der Waals surface area contributed by atoms with E-state index in [-0.39, 0.29) is 11.9 Å². The zero-order chi connectivity index (χ0) is 19.8. The summed E-state index contributed by atoms with van der Waals surface area (Å²) in [6, 6.07) is 18.2. The van der Waals surface area contributed by atoms with E-state index in [4.69, 9.17) is 4.74 Å². The summed E-state index contributed by atoms with van der Waals surface area (Å²) in [6.07, 6.45) is 2.28. The van der Waals surface area contributed by atoms with Crippen molar-refractivity contribution >= 4 is 5.97 Å². The fourth-order valence-corrected chi connectivity index (χ4v) is 4.76. The molecule has 1 unspecified atom stereocenters. The van der Waals surface area contributed by atoms with Crippen LogP contribution in [0, 0.1) is 12.8 Å². The fourth-order valence-electron chi connectivity index (χ4n) is 4.76. The van der Waals surface area contributed by atoms with Gasteiger partial charge < -0.3 is 14.7 Å². The highest BCUT2D eigenvalue weighted by Crippen LogP contribution is 2.55. The fraction of sp³-hybridized carbons (Fsp3) is 0.458. The molecule has 4 rings (SSSR count). The van der Waals surface area contributed by atoms with Crippen LogP contribution < -0.4 is 0 Å². The van der Waals surface area contributed by atoms with Crippen molar-refractivity contribution < 1.29 is 14.6 Å². The Hall–Kier alpha value is -2.17. The molecular weight excluding hydrogens is 350 g/mol. The molecule has 148 valence electrons. The van der Waals surface area contributed by atoms with Gasteiger partial charge in [0.2, 0.25) is 0 Å². The standard InChI is InChI=1S/C24H29NO3/c1-18-8-10-20(11-9-18)24(22(26)28-2)16-21(24)17-25-14-12-23(27,13-15-25)19-6-4-3-5-7-19/h3-11,21,27H,12-17H2,1-2H3/t21?,24-/m0/s1. The van der Waals surface area contributed by atoms with E-state index in [1.807, 2.05) is 30.3 Å². The second-order valence-electron chi connectivity index (χ2n) is 8.43. The second-order valence-corrected chi connectivity index (χ2v) is 8.43. The van der Waals surface area contributed by atoms with E-state index in [0.29, 0.717) is 0 Å². The van der Waals surface area contributed by atoms with Gasteiger partial charge in [-0.2, -0.15) is 0 Å². The number of benzene rings is 2. The van der Waals surface area contributed by atoms with Gasteiger partial charge >= 0.3 is 5.97 Å². The first-order valence-corrected chi connectivity index (χ1v) is 10.1. The van der Waals surface area contributed by atoms with Gasteiger partial charge in [0.25, 0.3) is 0 Å². The highest BCUT2D eigenvalue weighted by Gasteiger charge is 2.62. The predicted molar refractivity (Wildman–Crippen MR) is 109 cm³/mol. The molecule has 28 heavy (non-hydrogen) atoms. The van der Waals surface area contributed by atoms with Gasteiger partial charge in [-0.1, -0.05) is 60.2 Å². The van der Waals surface area contributed by atoms with Crippen molar-refractivity contribution in [3.05, 3.63) is 71.3 Å². The van der Waals surface area contributed by atoms with E-state index >= 15 is 0 Å². The number of nitrogens with zero attached hydrogens (tertiary/aromatic N) is 1. The Morgan fingerprint density at radius 2 is 1.71 bits per heavy atom. The topological polar surface area (TPSA) is 49.8 Å². The number of carbonyl (C=O) groups excluding carboxylic acids is 1. The minimum atomic E-state index is -0.738. The number of hydrogen-bond acceptors (Lipinski definition) is 4. The normalized spacial score (nSPS) is 26.6. The Morgan fingerprint density at radius 1 is 1.07 bits per heavy atom. The summed E-state index contributed by atoms with van der Waals surface area (Å²) >= 11 is 0. The Bertz CT molecular complexity index is 825. The van der Waals surface area contributed by atoms with E-state index in [2.05, 4.69) is 36.1 Å². The zero-order valence-electron chi connectivity index (χ0n) is 16.7. The highest BCUT2D eigenvalue weighted by atomic mass is 16.5. The third-order valence-electron chi connectivity index (χ3n) is 6.69. The van der Waals surface area contributed by atoms with Gasteiger partial charge in [-0.25, -0.2) is 0 Å². The van der Waals surface area contributed by atoms with Crippen molar-refractivity contribution in [2.75, 3.05) is 26.7 Å². The van der Waals surface area contributed by atoms with Crippen LogP contribution in [0.1, 0.15) is 36.0 Å². The van der Waals surface area contributed by atoms with Crippen LogP contribution in [0.15, 0.2) is 54.6 Å². The molecule has 2 aliphatic rings. The summed E-state index contributed by atoms with van der Waals surface area (Å²) in [5.41, 5.74) is 2.02. The minimum absolute atomic E-state index is 0.126. The summed E-state index contributed by atoms with van der Waals surface area (Å²) in [6.45, 7) is 4.61. The molecule has 0 spiro atoms. The van der Waals surface area contributed by atoms with Crippen LogP contribution in [-0.2, 0) is 20.5 Å². The van der Waals surface area contributed by atoms with Crippen molar-refractivity contribution in [3.63, 3.8) is 0 Å². The average molecular weight is 380 g/mol. The van der Waals surface area contributed by atoms with Crippen molar-refractivity contribution in [1.82, 2.24) is 4.90 Å². The van der Waals surface area contributed by atoms with Gasteiger partial charge in [0.15, 0.2) is 0 Å². The molecule has 0 aromatic heterocycles. The van der Waals surface area contributed by atoms with Crippen molar-refractivity contribution in [1.29, 1.82) is 0 Å². The number of aryl methyl sites for hydroxylation is 1. The van der Waals surface area contributed by atoms with Crippen LogP contribution >= 0.6 is 0 Å². The molecule has 1 aliphatic heterocycles. The molecule has 1 saturated heterocycles. The summed E-state index contributed by atoms with van der Waals surface area (Å²) in [4.78, 5) is 15.0. The molecule has 0 radical (unpaired) electrons. The van der Waals surface area contributed by atoms with Crippen LogP contribution in [0.4, 0.5) is 0 Å². The molecule has 1 aliphatic carbocycles. The van der Waals surface area contributed by atoms with Gasteiger partial charge in [0.05, 0.1) is 18.1 Å². The van der Waals surface area contributed by atoms with Crippen LogP contribution in [0.3, 0.4) is 0 Å². The highest BCUT2D eigenvalue weighted by molar-refractivity contribution is 5.87. The maximum Gasteiger partial charge on any atom is 0.316 e. The van der Waals surface area contributed by atoms with Gasteiger partial charge in [0.1, 0.15) is 0 Å². The minimum Gasteiger partial charge on any atom is -0.468 e. The summed E-state index contributed by atoms with van der Waals surface area (Å²) in [7, 11) is 1.48. The first-order chi connectivity index (χ1) is 13.5. The van der Waals surface area contributed by atoms with Crippen LogP contribution in [0.5, 0.6) is 0 Å². The lowest BCUT2D eigenvalue weighted by Gasteiger charge is -2.39. The quantitative estimate of drug-likeness (QED) is 0.809. The number of carbonyl (C=O) groups is 1. The molecule has 1 saturated carbocycles. The Morgan fingerprint density at radius 3 is 2.32 bits per heavy atom. The molecule has 2 aromatic carbocycles. The molecule has 2 atom stereocenters. The molecule has 1 N–H and O–H groups in total. The van der Waals surface area contributed by atoms with Crippen LogP contribution in [-0.4, -0.2) is 42.7 Å². The van der Waals surface area contributed by atoms with Gasteiger partial charge in [0, 0.05) is 19.6 Å². The number of methoxy groups -OCH3 is 1. The maximum absolute atomic E-state index is 12.6. The molecule has 4 heteroatoms. The molecule has 0 amide bonds. The third kappa shape index (κ3) is 3.36. The van der Waals surface area contributed by atoms with Gasteiger partial charge in [-0.15, -0.1) is 0 Å². The van der Waals surface area contributed by atoms with Crippen LogP contribution in [0.2, 0.25) is 0 Å². The van der Waals surface area contributed by atoms with Gasteiger partial charge in [-0.3, -0.25) is 4.79 Å². The zero-order valence-corrected chi connectivity index (χ0v) is 16.7. The van der Waals surface area contributed by atoms with E-state index in [9.17, 15) is 9.90 Å². The number of rotatable bonds is 5. The molecule has 0 bridgehead atoms. The summed E-state index contributed by atoms with van der Waals surface area (Å²) < 4.78 is 5.18. The van der Waals surface area contributed by atoms with E-state index in [0.717, 1.165) is 50.0 Å². The summed E-state index contributed by atoms with van der Waals surface area (Å²) in [5, 5.41) is 11.0. The molecular formula is C24H29NO3. The number of esters is 1. The van der Waals surface area contributed by atoms with Gasteiger partial charge in [-0.05, 0) is 43.2 Å². The Labute approximate surface area is 167 Å². The second kappa shape index (κ2) is 7.34. The van der Waals surface area contributed by atoms with Crippen molar-refractivity contribution in [2.45, 2.75) is 37.2 Å². The van der Waals surface area contributed by atoms with E-state index in [1.54, 1.807) is 0 Å². The Balaban J connectivity index is 1.43. The number of hydrogen-bond donors (Lipinski definition) is 1. The van der Waals surface area contributed by atoms with Crippen LogP contribution in [0.25, 0.3) is 0 Å². The van der Waals surface area contributed by atoms with Crippen molar-refractivity contribution in [3.8, 4) is 0 Å².